The van der Waals surface area contributed by atoms with Crippen molar-refractivity contribution in [2.24, 2.45) is 5.14 Å². The number of nitrogens with two attached hydrogens (primary N) is 1. The number of aromatic carboxylic acids is 1. The Hall–Kier alpha value is -1.73. The molecule has 0 radical (unpaired) electrons. The molecule has 0 amide bonds. The molecular weight excluding hydrogens is 222 g/mol. The van der Waals surface area contributed by atoms with Gasteiger partial charge in [-0.3, -0.25) is 4.79 Å². The highest BCUT2D eigenvalue weighted by atomic mass is 32.2. The smallest absolute Gasteiger partial charge is 0.336 e. The number of benzene rings is 1. The fourth-order valence-corrected chi connectivity index (χ4v) is 1.56. The van der Waals surface area contributed by atoms with E-state index < -0.39 is 16.0 Å². The molecule has 80 valence electrons. The summed E-state index contributed by atoms with van der Waals surface area (Å²) in [5.41, 5.74) is -0.494. The average molecular weight is 229 g/mol. The first-order valence-corrected chi connectivity index (χ1v) is 5.26. The van der Waals surface area contributed by atoms with E-state index in [0.29, 0.717) is 0 Å². The van der Waals surface area contributed by atoms with Crippen LogP contribution in [0.3, 0.4) is 0 Å². The zero-order chi connectivity index (χ0) is 11.6. The molecule has 1 aromatic carbocycles. The maximum atomic E-state index is 10.9. The van der Waals surface area contributed by atoms with Gasteiger partial charge in [-0.05, 0) is 18.2 Å². The minimum atomic E-state index is -3.93. The minimum Gasteiger partial charge on any atom is -0.478 e. The summed E-state index contributed by atoms with van der Waals surface area (Å²) in [5.74, 6) is -1.31. The molecule has 0 bridgehead atoms. The predicted octanol–water partition coefficient (Wildman–Crippen LogP) is -0.155. The summed E-state index contributed by atoms with van der Waals surface area (Å²) in [6, 6.07) is 2.98. The topological polar surface area (TPSA) is 115 Å². The lowest BCUT2D eigenvalue weighted by atomic mass is 10.1. The molecule has 0 aliphatic rings. The van der Waals surface area contributed by atoms with Crippen molar-refractivity contribution in [2.75, 3.05) is 0 Å². The van der Waals surface area contributed by atoms with Gasteiger partial charge in [0.1, 0.15) is 0 Å². The number of hydrogen-bond donors (Lipinski definition) is 2. The molecule has 0 saturated carbocycles. The summed E-state index contributed by atoms with van der Waals surface area (Å²) in [7, 11) is -3.93. The van der Waals surface area contributed by atoms with Crippen LogP contribution in [0.15, 0.2) is 23.1 Å². The summed E-state index contributed by atoms with van der Waals surface area (Å²) >= 11 is 0. The molecule has 15 heavy (non-hydrogen) atoms. The number of carboxylic acid groups (broad SMARTS) is 1. The maximum Gasteiger partial charge on any atom is 0.336 e. The standard InChI is InChI=1S/C8H7NO5S/c9-15(13,14)6-1-2-7(8(11)12)5(3-6)4-10/h1-4H,(H,11,12)(H2,9,13,14). The number of aldehydes is 1. The molecule has 0 spiro atoms. The molecule has 0 fully saturated rings. The first kappa shape index (κ1) is 11.3. The van der Waals surface area contributed by atoms with E-state index in [1.54, 1.807) is 0 Å². The van der Waals surface area contributed by atoms with Gasteiger partial charge in [-0.1, -0.05) is 0 Å². The molecule has 0 aliphatic heterocycles. The molecule has 0 saturated heterocycles. The van der Waals surface area contributed by atoms with Gasteiger partial charge in [0, 0.05) is 5.56 Å². The molecule has 1 rings (SSSR count). The molecule has 7 heteroatoms. The van der Waals surface area contributed by atoms with E-state index in [1.165, 1.54) is 0 Å². The maximum absolute atomic E-state index is 10.9. The van der Waals surface area contributed by atoms with E-state index in [4.69, 9.17) is 10.2 Å². The summed E-state index contributed by atoms with van der Waals surface area (Å²) in [5, 5.41) is 13.5. The predicted molar refractivity (Wildman–Crippen MR) is 50.2 cm³/mol. The number of sulfonamides is 1. The fraction of sp³-hybridized carbons (Fsp3) is 0. The van der Waals surface area contributed by atoms with Crippen LogP contribution >= 0.6 is 0 Å². The van der Waals surface area contributed by atoms with E-state index in [9.17, 15) is 18.0 Å². The van der Waals surface area contributed by atoms with Crippen molar-refractivity contribution >= 4 is 22.3 Å². The Morgan fingerprint density at radius 2 is 2.00 bits per heavy atom. The van der Waals surface area contributed by atoms with Crippen LogP contribution in [0.5, 0.6) is 0 Å². The van der Waals surface area contributed by atoms with Crippen molar-refractivity contribution in [3.05, 3.63) is 29.3 Å². The number of carbonyl (C=O) groups excluding carboxylic acids is 1. The van der Waals surface area contributed by atoms with Crippen molar-refractivity contribution < 1.29 is 23.1 Å². The third-order valence-corrected chi connectivity index (χ3v) is 2.62. The van der Waals surface area contributed by atoms with E-state index >= 15 is 0 Å². The van der Waals surface area contributed by atoms with Gasteiger partial charge in [0.15, 0.2) is 6.29 Å². The highest BCUT2D eigenvalue weighted by molar-refractivity contribution is 7.89. The van der Waals surface area contributed by atoms with Crippen LogP contribution in [0.1, 0.15) is 20.7 Å². The van der Waals surface area contributed by atoms with E-state index in [2.05, 4.69) is 0 Å². The summed E-state index contributed by atoms with van der Waals surface area (Å²) in [6.45, 7) is 0. The molecular formula is C8H7NO5S. The Kier molecular flexibility index (Phi) is 2.87. The Bertz CT molecular complexity index is 520. The van der Waals surface area contributed by atoms with Crippen molar-refractivity contribution in [2.45, 2.75) is 4.90 Å². The van der Waals surface area contributed by atoms with Gasteiger partial charge in [-0.15, -0.1) is 0 Å². The second-order valence-electron chi connectivity index (χ2n) is 2.72. The molecule has 0 unspecified atom stereocenters. The average Bonchev–Trinajstić information content (AvgIpc) is 2.15. The number of rotatable bonds is 3. The van der Waals surface area contributed by atoms with Crippen molar-refractivity contribution in [3.8, 4) is 0 Å². The van der Waals surface area contributed by atoms with E-state index in [0.717, 1.165) is 18.2 Å². The molecule has 0 aliphatic carbocycles. The third kappa shape index (κ3) is 2.39. The molecule has 0 heterocycles. The zero-order valence-electron chi connectivity index (χ0n) is 7.38. The number of carbonyl (C=O) groups is 2. The summed E-state index contributed by atoms with van der Waals surface area (Å²) in [6.07, 6.45) is 0.262. The zero-order valence-corrected chi connectivity index (χ0v) is 8.19. The first-order chi connectivity index (χ1) is 6.86. The van der Waals surface area contributed by atoms with E-state index in [1.807, 2.05) is 0 Å². The fourth-order valence-electron chi connectivity index (χ4n) is 1.01. The van der Waals surface area contributed by atoms with Gasteiger partial charge >= 0.3 is 5.97 Å². The van der Waals surface area contributed by atoms with Gasteiger partial charge in [0.25, 0.3) is 0 Å². The van der Waals surface area contributed by atoms with Gasteiger partial charge < -0.3 is 5.11 Å². The molecule has 1 aromatic rings. The normalized spacial score (nSPS) is 11.0. The van der Waals surface area contributed by atoms with Crippen LogP contribution in [0.4, 0.5) is 0 Å². The first-order valence-electron chi connectivity index (χ1n) is 3.71. The van der Waals surface area contributed by atoms with Gasteiger partial charge in [0.2, 0.25) is 10.0 Å². The molecule has 3 N–H and O–H groups in total. The molecule has 0 atom stereocenters. The SMILES string of the molecule is NS(=O)(=O)c1ccc(C(=O)O)c(C=O)c1. The van der Waals surface area contributed by atoms with E-state index in [-0.39, 0.29) is 22.3 Å². The minimum absolute atomic E-state index is 0.228. The summed E-state index contributed by atoms with van der Waals surface area (Å²) in [4.78, 5) is 20.8. The lowest BCUT2D eigenvalue weighted by Gasteiger charge is -2.02. The van der Waals surface area contributed by atoms with Gasteiger partial charge in [-0.2, -0.15) is 0 Å². The quantitative estimate of drug-likeness (QED) is 0.699. The van der Waals surface area contributed by atoms with Crippen LogP contribution in [0.2, 0.25) is 0 Å². The van der Waals surface area contributed by atoms with Crippen LogP contribution in [0, 0.1) is 0 Å². The molecule has 6 nitrogen and oxygen atoms in total. The molecule has 0 aromatic heterocycles. The van der Waals surface area contributed by atoms with Crippen molar-refractivity contribution in [3.63, 3.8) is 0 Å². The Balaban J connectivity index is 3.45. The van der Waals surface area contributed by atoms with Crippen molar-refractivity contribution in [1.82, 2.24) is 0 Å². The lowest BCUT2D eigenvalue weighted by molar-refractivity contribution is 0.0694. The highest BCUT2D eigenvalue weighted by Crippen LogP contribution is 2.13. The van der Waals surface area contributed by atoms with Gasteiger partial charge in [0.05, 0.1) is 10.5 Å². The van der Waals surface area contributed by atoms with Crippen LogP contribution < -0.4 is 5.14 Å². The monoisotopic (exact) mass is 229 g/mol. The number of primary sulfonamides is 1. The van der Waals surface area contributed by atoms with Gasteiger partial charge in [-0.25, -0.2) is 18.4 Å². The van der Waals surface area contributed by atoms with Crippen molar-refractivity contribution in [1.29, 1.82) is 0 Å². The van der Waals surface area contributed by atoms with Crippen LogP contribution in [-0.2, 0) is 10.0 Å². The van der Waals surface area contributed by atoms with Crippen LogP contribution in [0.25, 0.3) is 0 Å². The Labute approximate surface area is 85.4 Å². The largest absolute Gasteiger partial charge is 0.478 e. The highest BCUT2D eigenvalue weighted by Gasteiger charge is 2.14. The second-order valence-corrected chi connectivity index (χ2v) is 4.28. The Morgan fingerprint density at radius 3 is 2.40 bits per heavy atom. The number of hydrogen-bond acceptors (Lipinski definition) is 4. The Morgan fingerprint density at radius 1 is 1.40 bits per heavy atom. The van der Waals surface area contributed by atoms with Crippen LogP contribution in [-0.4, -0.2) is 25.8 Å². The lowest BCUT2D eigenvalue weighted by Crippen LogP contribution is -2.13. The summed E-state index contributed by atoms with van der Waals surface area (Å²) < 4.78 is 21.8. The third-order valence-electron chi connectivity index (χ3n) is 1.71. The second kappa shape index (κ2) is 3.79. The number of carboxylic acids is 1.